The number of carbonyl (C=O) groups is 1. The maximum absolute atomic E-state index is 12.2. The summed E-state index contributed by atoms with van der Waals surface area (Å²) in [5.74, 6) is 1.45. The molecule has 2 saturated heterocycles. The molecule has 4 heterocycles. The van der Waals surface area contributed by atoms with Crippen LogP contribution in [0, 0.1) is 5.92 Å². The molecule has 2 aromatic heterocycles. The van der Waals surface area contributed by atoms with E-state index >= 15 is 0 Å². The first kappa shape index (κ1) is 14.9. The van der Waals surface area contributed by atoms with Crippen molar-refractivity contribution >= 4 is 17.2 Å². The average Bonchev–Trinajstić information content (AvgIpc) is 3.26. The lowest BCUT2D eigenvalue weighted by atomic mass is 9.89. The van der Waals surface area contributed by atoms with Gasteiger partial charge in [-0.05, 0) is 43.7 Å². The highest BCUT2D eigenvalue weighted by Gasteiger charge is 2.34. The van der Waals surface area contributed by atoms with Crippen molar-refractivity contribution in [2.75, 3.05) is 0 Å². The molecule has 122 valence electrons. The molecule has 23 heavy (non-hydrogen) atoms. The summed E-state index contributed by atoms with van der Waals surface area (Å²) in [5, 5.41) is 9.46. The lowest BCUT2D eigenvalue weighted by Crippen LogP contribution is -2.39. The SMILES string of the molecule is O=C(CC1CC2CCC(C1)N2)NCc1csc(-c2ccco2)n1. The van der Waals surface area contributed by atoms with Gasteiger partial charge in [0.2, 0.25) is 5.91 Å². The summed E-state index contributed by atoms with van der Waals surface area (Å²) in [4.78, 5) is 16.7. The van der Waals surface area contributed by atoms with Crippen LogP contribution in [0.2, 0.25) is 0 Å². The van der Waals surface area contributed by atoms with Crippen LogP contribution in [0.25, 0.3) is 10.8 Å². The lowest BCUT2D eigenvalue weighted by molar-refractivity contribution is -0.122. The van der Waals surface area contributed by atoms with Crippen LogP contribution in [0.5, 0.6) is 0 Å². The third-order valence-corrected chi connectivity index (χ3v) is 5.70. The van der Waals surface area contributed by atoms with Crippen LogP contribution < -0.4 is 10.6 Å². The van der Waals surface area contributed by atoms with Crippen molar-refractivity contribution in [2.24, 2.45) is 5.92 Å². The fourth-order valence-corrected chi connectivity index (χ4v) is 4.55. The summed E-state index contributed by atoms with van der Waals surface area (Å²) in [6.45, 7) is 0.494. The Morgan fingerprint density at radius 2 is 2.22 bits per heavy atom. The van der Waals surface area contributed by atoms with E-state index in [9.17, 15) is 4.79 Å². The molecule has 0 aromatic carbocycles. The van der Waals surface area contributed by atoms with Crippen LogP contribution in [0.1, 0.15) is 37.8 Å². The minimum Gasteiger partial charge on any atom is -0.462 e. The summed E-state index contributed by atoms with van der Waals surface area (Å²) in [6.07, 6.45) is 7.12. The molecule has 2 bridgehead atoms. The first-order valence-corrected chi connectivity index (χ1v) is 9.15. The van der Waals surface area contributed by atoms with Gasteiger partial charge in [-0.15, -0.1) is 11.3 Å². The van der Waals surface area contributed by atoms with Crippen molar-refractivity contribution in [3.63, 3.8) is 0 Å². The number of rotatable bonds is 5. The van der Waals surface area contributed by atoms with Gasteiger partial charge in [-0.1, -0.05) is 0 Å². The Morgan fingerprint density at radius 3 is 2.96 bits per heavy atom. The predicted octanol–water partition coefficient (Wildman–Crippen LogP) is 2.94. The summed E-state index contributed by atoms with van der Waals surface area (Å²) in [6, 6.07) is 5.03. The number of piperidine rings is 1. The van der Waals surface area contributed by atoms with E-state index in [1.807, 2.05) is 17.5 Å². The Labute approximate surface area is 139 Å². The molecule has 2 atom stereocenters. The van der Waals surface area contributed by atoms with Gasteiger partial charge >= 0.3 is 0 Å². The Balaban J connectivity index is 1.27. The van der Waals surface area contributed by atoms with Crippen molar-refractivity contribution in [1.82, 2.24) is 15.6 Å². The number of carbonyl (C=O) groups excluding carboxylic acids is 1. The summed E-state index contributed by atoms with van der Waals surface area (Å²) < 4.78 is 5.34. The normalized spacial score (nSPS) is 26.3. The van der Waals surface area contributed by atoms with Gasteiger partial charge in [0.05, 0.1) is 18.5 Å². The van der Waals surface area contributed by atoms with E-state index in [1.54, 1.807) is 6.26 Å². The minimum atomic E-state index is 0.142. The van der Waals surface area contributed by atoms with Gasteiger partial charge < -0.3 is 15.1 Å². The molecule has 5 nitrogen and oxygen atoms in total. The Bertz CT molecular complexity index is 655. The number of nitrogens with zero attached hydrogens (tertiary/aromatic N) is 1. The van der Waals surface area contributed by atoms with Crippen LogP contribution in [-0.4, -0.2) is 23.0 Å². The summed E-state index contributed by atoms with van der Waals surface area (Å²) in [7, 11) is 0. The third kappa shape index (κ3) is 3.48. The van der Waals surface area contributed by atoms with Gasteiger partial charge in [0.15, 0.2) is 10.8 Å². The maximum Gasteiger partial charge on any atom is 0.220 e. The van der Waals surface area contributed by atoms with E-state index in [0.29, 0.717) is 31.0 Å². The van der Waals surface area contributed by atoms with E-state index in [-0.39, 0.29) is 5.91 Å². The van der Waals surface area contributed by atoms with Gasteiger partial charge in [-0.2, -0.15) is 0 Å². The Morgan fingerprint density at radius 1 is 1.39 bits per heavy atom. The second-order valence-electron chi connectivity index (χ2n) is 6.58. The zero-order chi connectivity index (χ0) is 15.6. The zero-order valence-electron chi connectivity index (χ0n) is 13.0. The number of hydrogen-bond donors (Lipinski definition) is 2. The second-order valence-corrected chi connectivity index (χ2v) is 7.44. The predicted molar refractivity (Wildman–Crippen MR) is 88.9 cm³/mol. The van der Waals surface area contributed by atoms with Gasteiger partial charge in [-0.3, -0.25) is 4.79 Å². The molecule has 2 aliphatic rings. The van der Waals surface area contributed by atoms with Gasteiger partial charge in [0.25, 0.3) is 0 Å². The van der Waals surface area contributed by atoms with E-state index in [1.165, 1.54) is 24.2 Å². The largest absolute Gasteiger partial charge is 0.462 e. The van der Waals surface area contributed by atoms with Gasteiger partial charge in [-0.25, -0.2) is 4.98 Å². The zero-order valence-corrected chi connectivity index (χ0v) is 13.8. The molecular formula is C17H21N3O2S. The first-order valence-electron chi connectivity index (χ1n) is 8.27. The highest BCUT2D eigenvalue weighted by molar-refractivity contribution is 7.13. The van der Waals surface area contributed by atoms with Crippen LogP contribution in [0.3, 0.4) is 0 Å². The molecule has 6 heteroatoms. The fraction of sp³-hybridized carbons (Fsp3) is 0.529. The molecule has 0 spiro atoms. The molecule has 0 saturated carbocycles. The molecule has 2 fully saturated rings. The van der Waals surface area contributed by atoms with Crippen LogP contribution in [-0.2, 0) is 11.3 Å². The maximum atomic E-state index is 12.2. The second kappa shape index (κ2) is 6.45. The molecule has 1 amide bonds. The van der Waals surface area contributed by atoms with E-state index in [0.717, 1.165) is 29.3 Å². The Kier molecular flexibility index (Phi) is 4.18. The van der Waals surface area contributed by atoms with Crippen molar-refractivity contribution in [1.29, 1.82) is 0 Å². The van der Waals surface area contributed by atoms with Crippen LogP contribution in [0.4, 0.5) is 0 Å². The van der Waals surface area contributed by atoms with Crippen molar-refractivity contribution in [3.05, 3.63) is 29.5 Å². The molecular weight excluding hydrogens is 310 g/mol. The minimum absolute atomic E-state index is 0.142. The molecule has 2 N–H and O–H groups in total. The third-order valence-electron chi connectivity index (χ3n) is 4.80. The quantitative estimate of drug-likeness (QED) is 0.884. The number of fused-ring (bicyclic) bond motifs is 2. The molecule has 2 aromatic rings. The summed E-state index contributed by atoms with van der Waals surface area (Å²) >= 11 is 1.54. The van der Waals surface area contributed by atoms with Gasteiger partial charge in [0, 0.05) is 23.9 Å². The Hall–Kier alpha value is -1.66. The smallest absolute Gasteiger partial charge is 0.220 e. The average molecular weight is 331 g/mol. The highest BCUT2D eigenvalue weighted by atomic mass is 32.1. The number of amides is 1. The molecule has 4 rings (SSSR count). The number of aromatic nitrogens is 1. The lowest BCUT2D eigenvalue weighted by Gasteiger charge is -2.28. The highest BCUT2D eigenvalue weighted by Crippen LogP contribution is 2.32. The molecule has 2 unspecified atom stereocenters. The topological polar surface area (TPSA) is 67.2 Å². The number of hydrogen-bond acceptors (Lipinski definition) is 5. The van der Waals surface area contributed by atoms with E-state index in [2.05, 4.69) is 15.6 Å². The summed E-state index contributed by atoms with van der Waals surface area (Å²) in [5.41, 5.74) is 0.889. The molecule has 2 aliphatic heterocycles. The first-order chi connectivity index (χ1) is 11.3. The standard InChI is InChI=1S/C17H21N3O2S/c21-16(8-11-6-12-3-4-13(7-11)19-12)18-9-14-10-23-17(20-14)15-2-1-5-22-15/h1-2,5,10-13,19H,3-4,6-9H2,(H,18,21). The molecule has 0 radical (unpaired) electrons. The van der Waals surface area contributed by atoms with E-state index in [4.69, 9.17) is 4.42 Å². The molecule has 0 aliphatic carbocycles. The van der Waals surface area contributed by atoms with Gasteiger partial charge in [0.1, 0.15) is 0 Å². The monoisotopic (exact) mass is 331 g/mol. The van der Waals surface area contributed by atoms with Crippen molar-refractivity contribution in [2.45, 2.75) is 50.7 Å². The van der Waals surface area contributed by atoms with Crippen molar-refractivity contribution < 1.29 is 9.21 Å². The van der Waals surface area contributed by atoms with Crippen LogP contribution in [0.15, 0.2) is 28.2 Å². The van der Waals surface area contributed by atoms with Crippen molar-refractivity contribution in [3.8, 4) is 10.8 Å². The fourth-order valence-electron chi connectivity index (χ4n) is 3.77. The van der Waals surface area contributed by atoms with E-state index < -0.39 is 0 Å². The number of nitrogens with one attached hydrogen (secondary N) is 2. The van der Waals surface area contributed by atoms with Crippen LogP contribution >= 0.6 is 11.3 Å². The number of furan rings is 1. The number of thiazole rings is 1.